The van der Waals surface area contributed by atoms with Crippen LogP contribution in [0.1, 0.15) is 37.4 Å². The summed E-state index contributed by atoms with van der Waals surface area (Å²) in [6.07, 6.45) is 3.29. The van der Waals surface area contributed by atoms with Crippen LogP contribution in [0, 0.1) is 0 Å². The highest BCUT2D eigenvalue weighted by Gasteiger charge is 2.23. The lowest BCUT2D eigenvalue weighted by Crippen LogP contribution is -2.19. The average molecular weight is 235 g/mol. The number of nitrogens with zero attached hydrogens (tertiary/aromatic N) is 2. The maximum absolute atomic E-state index is 6.19. The summed E-state index contributed by atoms with van der Waals surface area (Å²) >= 11 is 0. The lowest BCUT2D eigenvalue weighted by atomic mass is 10.1. The Balaban J connectivity index is 2.45. The molecule has 0 aliphatic heterocycles. The second-order valence-corrected chi connectivity index (χ2v) is 4.13. The Morgan fingerprint density at radius 3 is 2.76 bits per heavy atom. The molecule has 0 saturated carbocycles. The number of hydrogen-bond acceptors (Lipinski definition) is 4. The first kappa shape index (κ1) is 11.7. The van der Waals surface area contributed by atoms with Crippen molar-refractivity contribution >= 4 is 0 Å². The molecule has 1 unspecified atom stereocenters. The van der Waals surface area contributed by atoms with E-state index in [1.807, 2.05) is 30.7 Å². The fourth-order valence-electron chi connectivity index (χ4n) is 1.82. The van der Waals surface area contributed by atoms with Crippen LogP contribution >= 0.6 is 0 Å². The van der Waals surface area contributed by atoms with Crippen molar-refractivity contribution in [1.29, 1.82) is 0 Å². The molecular formula is C12H17N3O2. The van der Waals surface area contributed by atoms with Crippen molar-refractivity contribution in [1.82, 2.24) is 9.78 Å². The van der Waals surface area contributed by atoms with Gasteiger partial charge in [0.05, 0.1) is 19.6 Å². The molecule has 5 heteroatoms. The number of methoxy groups -OCH3 is 1. The molecule has 1 atom stereocenters. The van der Waals surface area contributed by atoms with Gasteiger partial charge in [0.15, 0.2) is 5.75 Å². The van der Waals surface area contributed by atoms with Gasteiger partial charge in [0.1, 0.15) is 17.5 Å². The Hall–Kier alpha value is -1.75. The van der Waals surface area contributed by atoms with Gasteiger partial charge in [-0.3, -0.25) is 4.68 Å². The number of ether oxygens (including phenoxy) is 1. The number of rotatable bonds is 4. The van der Waals surface area contributed by atoms with Crippen LogP contribution in [0.5, 0.6) is 5.75 Å². The van der Waals surface area contributed by atoms with Crippen molar-refractivity contribution < 1.29 is 9.15 Å². The first-order valence-corrected chi connectivity index (χ1v) is 5.55. The zero-order valence-corrected chi connectivity index (χ0v) is 10.3. The molecule has 0 aliphatic carbocycles. The summed E-state index contributed by atoms with van der Waals surface area (Å²) in [6.45, 7) is 4.09. The lowest BCUT2D eigenvalue weighted by molar-refractivity contribution is 0.392. The zero-order chi connectivity index (χ0) is 12.4. The van der Waals surface area contributed by atoms with Gasteiger partial charge in [0, 0.05) is 6.04 Å². The lowest BCUT2D eigenvalue weighted by Gasteiger charge is -2.16. The highest BCUT2D eigenvalue weighted by molar-refractivity contribution is 5.33. The van der Waals surface area contributed by atoms with E-state index in [1.54, 1.807) is 19.6 Å². The largest absolute Gasteiger partial charge is 0.493 e. The molecule has 0 amide bonds. The van der Waals surface area contributed by atoms with Crippen LogP contribution in [0.4, 0.5) is 0 Å². The predicted octanol–water partition coefficient (Wildman–Crippen LogP) is 2.11. The van der Waals surface area contributed by atoms with Crippen molar-refractivity contribution in [2.45, 2.75) is 25.9 Å². The molecule has 0 spiro atoms. The van der Waals surface area contributed by atoms with Gasteiger partial charge in [-0.15, -0.1) is 0 Å². The van der Waals surface area contributed by atoms with E-state index in [4.69, 9.17) is 14.9 Å². The molecule has 0 saturated heterocycles. The summed E-state index contributed by atoms with van der Waals surface area (Å²) in [6, 6.07) is 3.51. The topological polar surface area (TPSA) is 66.2 Å². The van der Waals surface area contributed by atoms with Crippen molar-refractivity contribution in [3.63, 3.8) is 0 Å². The zero-order valence-electron chi connectivity index (χ0n) is 10.3. The molecule has 2 heterocycles. The van der Waals surface area contributed by atoms with E-state index < -0.39 is 0 Å². The molecule has 2 aromatic heterocycles. The van der Waals surface area contributed by atoms with Gasteiger partial charge >= 0.3 is 0 Å². The Morgan fingerprint density at radius 2 is 2.24 bits per heavy atom. The quantitative estimate of drug-likeness (QED) is 0.881. The smallest absolute Gasteiger partial charge is 0.162 e. The van der Waals surface area contributed by atoms with Gasteiger partial charge in [-0.1, -0.05) is 0 Å². The van der Waals surface area contributed by atoms with E-state index in [9.17, 15) is 0 Å². The molecule has 2 aromatic rings. The monoisotopic (exact) mass is 235 g/mol. The van der Waals surface area contributed by atoms with Crippen molar-refractivity contribution in [2.24, 2.45) is 5.73 Å². The summed E-state index contributed by atoms with van der Waals surface area (Å²) < 4.78 is 12.5. The fourth-order valence-corrected chi connectivity index (χ4v) is 1.82. The third-order valence-electron chi connectivity index (χ3n) is 2.65. The molecule has 2 N–H and O–H groups in total. The minimum Gasteiger partial charge on any atom is -0.493 e. The number of nitrogens with two attached hydrogens (primary N) is 1. The van der Waals surface area contributed by atoms with Crippen molar-refractivity contribution in [3.8, 4) is 5.75 Å². The third kappa shape index (κ3) is 2.06. The molecule has 0 aliphatic rings. The van der Waals surface area contributed by atoms with Gasteiger partial charge in [0.2, 0.25) is 0 Å². The van der Waals surface area contributed by atoms with Crippen molar-refractivity contribution in [2.75, 3.05) is 7.11 Å². The predicted molar refractivity (Wildman–Crippen MR) is 63.9 cm³/mol. The minimum atomic E-state index is -0.371. The highest BCUT2D eigenvalue weighted by atomic mass is 16.5. The Kier molecular flexibility index (Phi) is 3.19. The van der Waals surface area contributed by atoms with Gasteiger partial charge in [-0.05, 0) is 26.0 Å². The van der Waals surface area contributed by atoms with Crippen LogP contribution in [-0.4, -0.2) is 16.9 Å². The summed E-state index contributed by atoms with van der Waals surface area (Å²) in [4.78, 5) is 0. The molecule has 17 heavy (non-hydrogen) atoms. The van der Waals surface area contributed by atoms with Crippen LogP contribution in [0.2, 0.25) is 0 Å². The summed E-state index contributed by atoms with van der Waals surface area (Å²) in [7, 11) is 1.61. The standard InChI is InChI=1S/C12H17N3O2/c1-8(2)15-12(10(16-3)7-14-15)11(13)9-5-4-6-17-9/h4-8,11H,13H2,1-3H3. The van der Waals surface area contributed by atoms with Crippen LogP contribution in [0.15, 0.2) is 29.0 Å². The molecule has 0 radical (unpaired) electrons. The molecule has 0 bridgehead atoms. The number of aromatic nitrogens is 2. The fraction of sp³-hybridized carbons (Fsp3) is 0.417. The maximum atomic E-state index is 6.19. The molecular weight excluding hydrogens is 218 g/mol. The Labute approximate surface area is 100 Å². The third-order valence-corrected chi connectivity index (χ3v) is 2.65. The normalized spacial score (nSPS) is 13.0. The van der Waals surface area contributed by atoms with Crippen molar-refractivity contribution in [3.05, 3.63) is 36.0 Å². The van der Waals surface area contributed by atoms with E-state index in [-0.39, 0.29) is 12.1 Å². The second-order valence-electron chi connectivity index (χ2n) is 4.13. The van der Waals surface area contributed by atoms with E-state index in [0.29, 0.717) is 11.5 Å². The molecule has 92 valence electrons. The Bertz CT molecular complexity index is 474. The van der Waals surface area contributed by atoms with Gasteiger partial charge in [-0.25, -0.2) is 0 Å². The maximum Gasteiger partial charge on any atom is 0.162 e. The molecule has 2 rings (SSSR count). The van der Waals surface area contributed by atoms with Gasteiger partial charge in [0.25, 0.3) is 0 Å². The SMILES string of the molecule is COc1cnn(C(C)C)c1C(N)c1ccco1. The summed E-state index contributed by atoms with van der Waals surface area (Å²) in [5.41, 5.74) is 7.02. The highest BCUT2D eigenvalue weighted by Crippen LogP contribution is 2.30. The molecule has 0 fully saturated rings. The summed E-state index contributed by atoms with van der Waals surface area (Å²) in [5, 5.41) is 4.29. The first-order chi connectivity index (χ1) is 8.15. The van der Waals surface area contributed by atoms with Gasteiger partial charge < -0.3 is 14.9 Å². The van der Waals surface area contributed by atoms with Gasteiger partial charge in [-0.2, -0.15) is 5.10 Å². The van der Waals surface area contributed by atoms with E-state index >= 15 is 0 Å². The second kappa shape index (κ2) is 4.63. The van der Waals surface area contributed by atoms with E-state index in [1.165, 1.54) is 0 Å². The average Bonchev–Trinajstić information content (AvgIpc) is 2.96. The van der Waals surface area contributed by atoms with Crippen LogP contribution in [0.25, 0.3) is 0 Å². The van der Waals surface area contributed by atoms with Crippen LogP contribution in [-0.2, 0) is 0 Å². The molecule has 0 aromatic carbocycles. The number of hydrogen-bond donors (Lipinski definition) is 1. The van der Waals surface area contributed by atoms with Crippen LogP contribution < -0.4 is 10.5 Å². The molecule has 5 nitrogen and oxygen atoms in total. The minimum absolute atomic E-state index is 0.218. The number of furan rings is 1. The first-order valence-electron chi connectivity index (χ1n) is 5.55. The van der Waals surface area contributed by atoms with E-state index in [0.717, 1.165) is 5.69 Å². The Morgan fingerprint density at radius 1 is 1.47 bits per heavy atom. The van der Waals surface area contributed by atoms with E-state index in [2.05, 4.69) is 5.10 Å². The summed E-state index contributed by atoms with van der Waals surface area (Å²) in [5.74, 6) is 1.38. The van der Waals surface area contributed by atoms with Crippen LogP contribution in [0.3, 0.4) is 0 Å².